The number of aromatic carboxylic acids is 1. The van der Waals surface area contributed by atoms with E-state index in [2.05, 4.69) is 5.32 Å². The van der Waals surface area contributed by atoms with Crippen molar-refractivity contribution in [1.29, 1.82) is 0 Å². The molecule has 110 valence electrons. The van der Waals surface area contributed by atoms with Crippen molar-refractivity contribution in [2.45, 2.75) is 0 Å². The van der Waals surface area contributed by atoms with E-state index in [9.17, 15) is 19.5 Å². The van der Waals surface area contributed by atoms with Gasteiger partial charge in [-0.15, -0.1) is 0 Å². The van der Waals surface area contributed by atoms with Crippen LogP contribution in [-0.4, -0.2) is 17.1 Å². The van der Waals surface area contributed by atoms with Crippen LogP contribution >= 0.6 is 11.8 Å². The lowest BCUT2D eigenvalue weighted by atomic mass is 10.1. The maximum atomic E-state index is 11.4. The lowest BCUT2D eigenvalue weighted by Crippen LogP contribution is -2.21. The number of amides is 2. The summed E-state index contributed by atoms with van der Waals surface area (Å²) in [5, 5.41) is 12.4. The molecule has 2 aromatic rings. The Balaban J connectivity index is 1.85. The van der Waals surface area contributed by atoms with Crippen LogP contribution in [0.3, 0.4) is 0 Å². The van der Waals surface area contributed by atoms with E-state index >= 15 is 0 Å². The second-order valence-electron chi connectivity index (χ2n) is 4.42. The van der Waals surface area contributed by atoms with Gasteiger partial charge in [-0.25, -0.2) is 0 Å². The lowest BCUT2D eigenvalue weighted by molar-refractivity contribution is -0.255. The predicted molar refractivity (Wildman–Crippen MR) is 77.6 cm³/mol. The zero-order valence-corrected chi connectivity index (χ0v) is 11.8. The molecule has 1 aliphatic heterocycles. The average molecular weight is 314 g/mol. The third-order valence-corrected chi connectivity index (χ3v) is 3.76. The fourth-order valence-electron chi connectivity index (χ4n) is 1.91. The van der Waals surface area contributed by atoms with Crippen molar-refractivity contribution in [2.24, 2.45) is 0 Å². The molecule has 2 amide bonds. The van der Waals surface area contributed by atoms with Crippen LogP contribution in [0.5, 0.6) is 0 Å². The summed E-state index contributed by atoms with van der Waals surface area (Å²) in [6.45, 7) is 0. The van der Waals surface area contributed by atoms with E-state index in [0.717, 1.165) is 11.8 Å². The summed E-state index contributed by atoms with van der Waals surface area (Å²) in [7, 11) is 0. The van der Waals surface area contributed by atoms with E-state index in [0.29, 0.717) is 17.1 Å². The number of rotatable bonds is 3. The lowest BCUT2D eigenvalue weighted by Gasteiger charge is -2.02. The molecule has 1 aromatic heterocycles. The van der Waals surface area contributed by atoms with E-state index in [-0.39, 0.29) is 10.5 Å². The molecule has 1 saturated heterocycles. The van der Waals surface area contributed by atoms with Crippen molar-refractivity contribution in [3.63, 3.8) is 0 Å². The topological polar surface area (TPSA) is 99.4 Å². The number of imide groups is 1. The molecule has 1 aliphatic rings. The van der Waals surface area contributed by atoms with Gasteiger partial charge in [-0.3, -0.25) is 14.9 Å². The van der Waals surface area contributed by atoms with Crippen molar-refractivity contribution >= 4 is 35.0 Å². The fraction of sp³-hybridized carbons (Fsp3) is 0. The van der Waals surface area contributed by atoms with Crippen LogP contribution in [0.25, 0.3) is 17.4 Å². The minimum Gasteiger partial charge on any atom is -0.545 e. The first kappa shape index (κ1) is 14.2. The van der Waals surface area contributed by atoms with E-state index in [4.69, 9.17) is 4.42 Å². The number of carbonyl (C=O) groups excluding carboxylic acids is 3. The Morgan fingerprint density at radius 3 is 2.45 bits per heavy atom. The Morgan fingerprint density at radius 1 is 1.14 bits per heavy atom. The van der Waals surface area contributed by atoms with Crippen LogP contribution in [0.1, 0.15) is 16.1 Å². The van der Waals surface area contributed by atoms with Gasteiger partial charge in [0.2, 0.25) is 0 Å². The number of thioether (sulfide) groups is 1. The number of nitrogens with one attached hydrogen (secondary N) is 1. The van der Waals surface area contributed by atoms with Gasteiger partial charge in [0.15, 0.2) is 0 Å². The van der Waals surface area contributed by atoms with E-state index < -0.39 is 17.1 Å². The third kappa shape index (κ3) is 2.79. The normalized spacial score (nSPS) is 16.1. The second-order valence-corrected chi connectivity index (χ2v) is 5.43. The molecule has 1 fully saturated rings. The zero-order chi connectivity index (χ0) is 15.7. The Bertz CT molecular complexity index is 804. The van der Waals surface area contributed by atoms with Gasteiger partial charge in [0.25, 0.3) is 11.1 Å². The molecule has 3 rings (SSSR count). The van der Waals surface area contributed by atoms with Crippen molar-refractivity contribution in [3.05, 3.63) is 52.6 Å². The molecule has 7 heteroatoms. The maximum absolute atomic E-state index is 11.4. The van der Waals surface area contributed by atoms with Crippen molar-refractivity contribution < 1.29 is 23.9 Å². The summed E-state index contributed by atoms with van der Waals surface area (Å²) in [6, 6.07) is 9.39. The smallest absolute Gasteiger partial charge is 0.290 e. The molecule has 2 heterocycles. The first-order valence-corrected chi connectivity index (χ1v) is 7.01. The molecule has 0 unspecified atom stereocenters. The summed E-state index contributed by atoms with van der Waals surface area (Å²) < 4.78 is 5.57. The van der Waals surface area contributed by atoms with Gasteiger partial charge in [0.05, 0.1) is 10.9 Å². The molecule has 0 aliphatic carbocycles. The maximum Gasteiger partial charge on any atom is 0.290 e. The van der Waals surface area contributed by atoms with Gasteiger partial charge in [-0.1, -0.05) is 24.3 Å². The van der Waals surface area contributed by atoms with E-state index in [1.165, 1.54) is 18.2 Å². The minimum atomic E-state index is -1.25. The van der Waals surface area contributed by atoms with Crippen molar-refractivity contribution in [1.82, 2.24) is 5.32 Å². The Hall–Kier alpha value is -2.80. The third-order valence-electron chi connectivity index (χ3n) is 2.95. The van der Waals surface area contributed by atoms with Crippen molar-refractivity contribution in [3.8, 4) is 11.3 Å². The second kappa shape index (κ2) is 5.53. The minimum absolute atomic E-state index is 0.0789. The number of hydrogen-bond acceptors (Lipinski definition) is 6. The van der Waals surface area contributed by atoms with Crippen LogP contribution in [0.15, 0.2) is 45.7 Å². The first-order valence-electron chi connectivity index (χ1n) is 6.19. The zero-order valence-electron chi connectivity index (χ0n) is 11.0. The Labute approximate surface area is 128 Å². The SMILES string of the molecule is O=C1NC(=O)/C(=C/c2ccc(-c3ccc(C(=O)[O-])cc3)o2)S1. The highest BCUT2D eigenvalue weighted by atomic mass is 32.2. The molecule has 22 heavy (non-hydrogen) atoms. The molecule has 0 saturated carbocycles. The van der Waals surface area contributed by atoms with Gasteiger partial charge in [-0.2, -0.15) is 0 Å². The monoisotopic (exact) mass is 314 g/mol. The number of carboxylic acid groups (broad SMARTS) is 1. The molecular formula is C15H8NO5S-. The summed E-state index contributed by atoms with van der Waals surface area (Å²) in [5.74, 6) is -0.755. The van der Waals surface area contributed by atoms with Crippen LogP contribution in [0.2, 0.25) is 0 Å². The highest BCUT2D eigenvalue weighted by molar-refractivity contribution is 8.18. The Kier molecular flexibility index (Phi) is 3.56. The van der Waals surface area contributed by atoms with Crippen LogP contribution in [-0.2, 0) is 4.79 Å². The highest BCUT2D eigenvalue weighted by Crippen LogP contribution is 2.28. The van der Waals surface area contributed by atoms with Crippen LogP contribution in [0, 0.1) is 0 Å². The number of hydrogen-bond donors (Lipinski definition) is 1. The highest BCUT2D eigenvalue weighted by Gasteiger charge is 2.25. The van der Waals surface area contributed by atoms with Gasteiger partial charge in [0.1, 0.15) is 11.5 Å². The summed E-state index contributed by atoms with van der Waals surface area (Å²) in [4.78, 5) is 33.5. The quantitative estimate of drug-likeness (QED) is 0.864. The molecule has 1 aromatic carbocycles. The van der Waals surface area contributed by atoms with E-state index in [1.807, 2.05) is 0 Å². The van der Waals surface area contributed by atoms with Gasteiger partial charge in [-0.05, 0) is 29.5 Å². The number of furan rings is 1. The fourth-order valence-corrected chi connectivity index (χ4v) is 2.57. The number of carboxylic acids is 1. The van der Waals surface area contributed by atoms with Gasteiger partial charge in [0, 0.05) is 11.6 Å². The predicted octanol–water partition coefficient (Wildman–Crippen LogP) is 1.63. The molecule has 6 nitrogen and oxygen atoms in total. The average Bonchev–Trinajstić information content (AvgIpc) is 3.06. The number of carbonyl (C=O) groups is 3. The van der Waals surface area contributed by atoms with Gasteiger partial charge >= 0.3 is 0 Å². The summed E-state index contributed by atoms with van der Waals surface area (Å²) >= 11 is 0.808. The van der Waals surface area contributed by atoms with Crippen molar-refractivity contribution in [2.75, 3.05) is 0 Å². The first-order chi connectivity index (χ1) is 10.5. The molecule has 0 bridgehead atoms. The molecule has 0 atom stereocenters. The molecule has 0 spiro atoms. The van der Waals surface area contributed by atoms with Crippen LogP contribution in [0.4, 0.5) is 4.79 Å². The summed E-state index contributed by atoms with van der Waals surface area (Å²) in [5.41, 5.74) is 0.768. The van der Waals surface area contributed by atoms with E-state index in [1.54, 1.807) is 24.3 Å². The molecule has 1 N–H and O–H groups in total. The molecule has 0 radical (unpaired) electrons. The van der Waals surface area contributed by atoms with Crippen LogP contribution < -0.4 is 10.4 Å². The van der Waals surface area contributed by atoms with Gasteiger partial charge < -0.3 is 14.3 Å². The Morgan fingerprint density at radius 2 is 1.86 bits per heavy atom. The molecular weight excluding hydrogens is 306 g/mol. The standard InChI is InChI=1S/C15H9NO5S/c17-13-12(22-15(20)16-13)7-10-5-6-11(21-10)8-1-3-9(4-2-8)14(18)19/h1-7H,(H,18,19)(H,16,17,20)/p-1/b12-7-. The summed E-state index contributed by atoms with van der Waals surface area (Å²) in [6.07, 6.45) is 1.48. The largest absolute Gasteiger partial charge is 0.545 e. The number of benzene rings is 1.